The lowest BCUT2D eigenvalue weighted by molar-refractivity contribution is -0.118. The maximum atomic E-state index is 10.7. The van der Waals surface area contributed by atoms with E-state index in [9.17, 15) is 4.79 Å². The molecule has 1 aliphatic rings. The van der Waals surface area contributed by atoms with Crippen LogP contribution in [0.25, 0.3) is 0 Å². The van der Waals surface area contributed by atoms with Gasteiger partial charge in [0, 0.05) is 18.7 Å². The zero-order valence-electron chi connectivity index (χ0n) is 7.89. The zero-order valence-corrected chi connectivity index (χ0v) is 7.89. The summed E-state index contributed by atoms with van der Waals surface area (Å²) < 4.78 is 2.05. The smallest absolute Gasteiger partial charge is 0.219 e. The molecule has 0 spiro atoms. The molecule has 14 heavy (non-hydrogen) atoms. The number of nitrogens with zero attached hydrogens (tertiary/aromatic N) is 2. The number of rotatable bonds is 4. The molecule has 1 aromatic rings. The highest BCUT2D eigenvalue weighted by Crippen LogP contribution is 2.36. The normalized spacial score (nSPS) is 18.1. The maximum Gasteiger partial charge on any atom is 0.219 e. The molecule has 0 bridgehead atoms. The first-order valence-electron chi connectivity index (χ1n) is 4.74. The Hall–Kier alpha value is -1.36. The average molecular weight is 194 g/mol. The Morgan fingerprint density at radius 1 is 1.71 bits per heavy atom. The van der Waals surface area contributed by atoms with Gasteiger partial charge in [0.1, 0.15) is 0 Å². The van der Waals surface area contributed by atoms with Crippen LogP contribution in [0.1, 0.15) is 37.0 Å². The van der Waals surface area contributed by atoms with Crippen LogP contribution < -0.4 is 11.5 Å². The van der Waals surface area contributed by atoms with Crippen LogP contribution in [0.5, 0.6) is 0 Å². The number of amides is 1. The van der Waals surface area contributed by atoms with Crippen molar-refractivity contribution in [2.24, 2.45) is 11.5 Å². The van der Waals surface area contributed by atoms with Crippen molar-refractivity contribution in [2.75, 3.05) is 0 Å². The van der Waals surface area contributed by atoms with Crippen LogP contribution in [0.2, 0.25) is 0 Å². The van der Waals surface area contributed by atoms with Crippen LogP contribution in [-0.2, 0) is 4.79 Å². The standard InChI is InChI=1S/C9H14N4O/c10-7(3-9(11)14)8-4-12-5-13(8)6-1-2-6/h4-7H,1-3,10H2,(H2,11,14)/t7-/m1/s1. The van der Waals surface area contributed by atoms with Crippen molar-refractivity contribution >= 4 is 5.91 Å². The van der Waals surface area contributed by atoms with Crippen molar-refractivity contribution in [2.45, 2.75) is 31.3 Å². The van der Waals surface area contributed by atoms with Gasteiger partial charge in [-0.15, -0.1) is 0 Å². The van der Waals surface area contributed by atoms with Crippen LogP contribution in [-0.4, -0.2) is 15.5 Å². The molecule has 76 valence electrons. The highest BCUT2D eigenvalue weighted by atomic mass is 16.1. The molecule has 0 saturated heterocycles. The molecule has 1 atom stereocenters. The molecule has 0 aromatic carbocycles. The number of carbonyl (C=O) groups excluding carboxylic acids is 1. The first-order chi connectivity index (χ1) is 6.68. The molecule has 0 radical (unpaired) electrons. The minimum atomic E-state index is -0.374. The largest absolute Gasteiger partial charge is 0.370 e. The van der Waals surface area contributed by atoms with Crippen LogP contribution in [0.3, 0.4) is 0 Å². The predicted octanol–water partition coefficient (Wildman–Crippen LogP) is 0.0932. The second-order valence-electron chi connectivity index (χ2n) is 3.73. The number of hydrogen-bond acceptors (Lipinski definition) is 3. The van der Waals surface area contributed by atoms with E-state index in [0.717, 1.165) is 5.69 Å². The minimum absolute atomic E-state index is 0.179. The quantitative estimate of drug-likeness (QED) is 0.712. The summed E-state index contributed by atoms with van der Waals surface area (Å²) in [6.07, 6.45) is 6.01. The molecule has 0 unspecified atom stereocenters. The van der Waals surface area contributed by atoms with E-state index in [2.05, 4.69) is 4.98 Å². The number of hydrogen-bond donors (Lipinski definition) is 2. The van der Waals surface area contributed by atoms with Gasteiger partial charge in [-0.3, -0.25) is 4.79 Å². The van der Waals surface area contributed by atoms with E-state index < -0.39 is 0 Å². The van der Waals surface area contributed by atoms with Gasteiger partial charge in [0.25, 0.3) is 0 Å². The molecule has 1 aliphatic carbocycles. The van der Waals surface area contributed by atoms with E-state index in [0.29, 0.717) is 6.04 Å². The zero-order chi connectivity index (χ0) is 10.1. The van der Waals surface area contributed by atoms with E-state index in [4.69, 9.17) is 11.5 Å². The van der Waals surface area contributed by atoms with Gasteiger partial charge in [-0.1, -0.05) is 0 Å². The second-order valence-corrected chi connectivity index (χ2v) is 3.73. The first-order valence-corrected chi connectivity index (χ1v) is 4.74. The number of nitrogens with two attached hydrogens (primary N) is 2. The monoisotopic (exact) mass is 194 g/mol. The topological polar surface area (TPSA) is 86.9 Å². The van der Waals surface area contributed by atoms with Gasteiger partial charge in [-0.2, -0.15) is 0 Å². The fraction of sp³-hybridized carbons (Fsp3) is 0.556. The van der Waals surface area contributed by atoms with Crippen molar-refractivity contribution in [3.63, 3.8) is 0 Å². The number of carbonyl (C=O) groups is 1. The SMILES string of the molecule is NC(=O)C[C@@H](N)c1cncn1C1CC1. The summed E-state index contributed by atoms with van der Waals surface area (Å²) in [6.45, 7) is 0. The Bertz CT molecular complexity index is 342. The lowest BCUT2D eigenvalue weighted by atomic mass is 10.1. The Kier molecular flexibility index (Phi) is 2.25. The van der Waals surface area contributed by atoms with Gasteiger partial charge in [-0.05, 0) is 12.8 Å². The van der Waals surface area contributed by atoms with E-state index in [-0.39, 0.29) is 18.4 Å². The molecule has 5 nitrogen and oxygen atoms in total. The lowest BCUT2D eigenvalue weighted by Gasteiger charge is -2.12. The van der Waals surface area contributed by atoms with Crippen molar-refractivity contribution in [3.05, 3.63) is 18.2 Å². The third-order valence-electron chi connectivity index (χ3n) is 2.44. The molecule has 1 saturated carbocycles. The Morgan fingerprint density at radius 3 is 3.00 bits per heavy atom. The molecule has 2 rings (SSSR count). The molecule has 5 heteroatoms. The summed E-state index contributed by atoms with van der Waals surface area (Å²) in [7, 11) is 0. The fourth-order valence-corrected chi connectivity index (χ4v) is 1.58. The summed E-state index contributed by atoms with van der Waals surface area (Å²) >= 11 is 0. The molecule has 1 fully saturated rings. The second kappa shape index (κ2) is 3.42. The fourth-order valence-electron chi connectivity index (χ4n) is 1.58. The van der Waals surface area contributed by atoms with Crippen molar-refractivity contribution in [1.29, 1.82) is 0 Å². The molecule has 4 N–H and O–H groups in total. The van der Waals surface area contributed by atoms with Crippen molar-refractivity contribution in [1.82, 2.24) is 9.55 Å². The van der Waals surface area contributed by atoms with Crippen molar-refractivity contribution < 1.29 is 4.79 Å². The predicted molar refractivity (Wildman–Crippen MR) is 51.2 cm³/mol. The highest BCUT2D eigenvalue weighted by Gasteiger charge is 2.27. The Labute approximate surface area is 82.1 Å². The molecule has 0 aliphatic heterocycles. The first kappa shape index (κ1) is 9.21. The van der Waals surface area contributed by atoms with Crippen LogP contribution in [0.4, 0.5) is 0 Å². The molecule has 1 heterocycles. The van der Waals surface area contributed by atoms with Gasteiger partial charge in [0.15, 0.2) is 0 Å². The molecule has 1 amide bonds. The minimum Gasteiger partial charge on any atom is -0.370 e. The van der Waals surface area contributed by atoms with Crippen LogP contribution >= 0.6 is 0 Å². The summed E-state index contributed by atoms with van der Waals surface area (Å²) in [5, 5.41) is 0. The van der Waals surface area contributed by atoms with Gasteiger partial charge in [-0.25, -0.2) is 4.98 Å². The van der Waals surface area contributed by atoms with Gasteiger partial charge < -0.3 is 16.0 Å². The summed E-state index contributed by atoms with van der Waals surface area (Å²) in [4.78, 5) is 14.8. The average Bonchev–Trinajstić information content (AvgIpc) is 2.82. The maximum absolute atomic E-state index is 10.7. The number of imidazole rings is 1. The van der Waals surface area contributed by atoms with Crippen LogP contribution in [0, 0.1) is 0 Å². The molecule has 1 aromatic heterocycles. The van der Waals surface area contributed by atoms with E-state index in [1.807, 2.05) is 4.57 Å². The van der Waals surface area contributed by atoms with Crippen LogP contribution in [0.15, 0.2) is 12.5 Å². The highest BCUT2D eigenvalue weighted by molar-refractivity contribution is 5.74. The number of aromatic nitrogens is 2. The van der Waals surface area contributed by atoms with Crippen molar-refractivity contribution in [3.8, 4) is 0 Å². The summed E-state index contributed by atoms with van der Waals surface area (Å²) in [5.41, 5.74) is 11.8. The molecular formula is C9H14N4O. The Morgan fingerprint density at radius 2 is 2.43 bits per heavy atom. The van der Waals surface area contributed by atoms with E-state index in [1.54, 1.807) is 12.5 Å². The number of primary amides is 1. The van der Waals surface area contributed by atoms with E-state index in [1.165, 1.54) is 12.8 Å². The summed E-state index contributed by atoms with van der Waals surface area (Å²) in [6, 6.07) is 0.210. The third kappa shape index (κ3) is 1.77. The summed E-state index contributed by atoms with van der Waals surface area (Å²) in [5.74, 6) is -0.374. The van der Waals surface area contributed by atoms with E-state index >= 15 is 0 Å². The van der Waals surface area contributed by atoms with Gasteiger partial charge in [0.2, 0.25) is 5.91 Å². The third-order valence-corrected chi connectivity index (χ3v) is 2.44. The lowest BCUT2D eigenvalue weighted by Crippen LogP contribution is -2.22. The Balaban J connectivity index is 2.13. The van der Waals surface area contributed by atoms with Gasteiger partial charge in [0.05, 0.1) is 18.1 Å². The molecular weight excluding hydrogens is 180 g/mol. The van der Waals surface area contributed by atoms with Gasteiger partial charge >= 0.3 is 0 Å².